The molecule has 0 bridgehead atoms. The van der Waals surface area contributed by atoms with Gasteiger partial charge in [-0.3, -0.25) is 4.90 Å². The molecule has 2 aromatic rings. The predicted molar refractivity (Wildman–Crippen MR) is 118 cm³/mol. The first kappa shape index (κ1) is 19.2. The van der Waals surface area contributed by atoms with Gasteiger partial charge in [0.25, 0.3) is 0 Å². The Hall–Kier alpha value is -1.78. The number of benzene rings is 2. The first-order valence-corrected chi connectivity index (χ1v) is 11.4. The fraction of sp³-hybridized carbons (Fsp3) is 0.500. The van der Waals surface area contributed by atoms with E-state index in [9.17, 15) is 4.39 Å². The van der Waals surface area contributed by atoms with E-state index in [1.807, 2.05) is 12.1 Å². The van der Waals surface area contributed by atoms with Crippen LogP contribution in [0.1, 0.15) is 36.8 Å². The Balaban J connectivity index is 1.14. The molecule has 5 rings (SSSR count). The minimum absolute atomic E-state index is 0.146. The number of rotatable bonds is 5. The molecule has 1 fully saturated rings. The zero-order valence-corrected chi connectivity index (χ0v) is 17.6. The normalized spacial score (nSPS) is 21.9. The third-order valence-corrected chi connectivity index (χ3v) is 7.10. The van der Waals surface area contributed by atoms with Crippen LogP contribution in [0, 0.1) is 11.7 Å². The zero-order valence-electron chi connectivity index (χ0n) is 16.8. The van der Waals surface area contributed by atoms with Crippen LogP contribution in [0.3, 0.4) is 0 Å². The molecule has 0 saturated carbocycles. The highest BCUT2D eigenvalue weighted by Gasteiger charge is 2.34. The molecule has 1 atom stereocenters. The molecule has 5 heteroatoms. The second kappa shape index (κ2) is 8.16. The molecule has 1 N–H and O–H groups in total. The van der Waals surface area contributed by atoms with E-state index in [1.165, 1.54) is 61.3 Å². The third-order valence-electron chi connectivity index (χ3n) is 6.88. The van der Waals surface area contributed by atoms with Crippen LogP contribution in [0.5, 0.6) is 0 Å². The minimum atomic E-state index is -0.146. The van der Waals surface area contributed by atoms with Gasteiger partial charge in [0.2, 0.25) is 0 Å². The Morgan fingerprint density at radius 3 is 2.66 bits per heavy atom. The quantitative estimate of drug-likeness (QED) is 0.714. The Morgan fingerprint density at radius 1 is 1.07 bits per heavy atom. The lowest BCUT2D eigenvalue weighted by atomic mass is 9.90. The van der Waals surface area contributed by atoms with Gasteiger partial charge in [0.05, 0.1) is 11.4 Å². The highest BCUT2D eigenvalue weighted by Crippen LogP contribution is 2.43. The summed E-state index contributed by atoms with van der Waals surface area (Å²) in [5.41, 5.74) is 5.25. The molecule has 0 aliphatic carbocycles. The van der Waals surface area contributed by atoms with Gasteiger partial charge < -0.3 is 10.2 Å². The Bertz CT molecular complexity index is 861. The number of hydrogen-bond acceptors (Lipinski definition) is 3. The third kappa shape index (κ3) is 4.10. The summed E-state index contributed by atoms with van der Waals surface area (Å²) in [7, 11) is 0. The van der Waals surface area contributed by atoms with E-state index in [0.717, 1.165) is 36.9 Å². The van der Waals surface area contributed by atoms with E-state index in [2.05, 4.69) is 27.2 Å². The molecule has 1 saturated heterocycles. The van der Waals surface area contributed by atoms with Gasteiger partial charge in [0, 0.05) is 18.1 Å². The number of aryl methyl sites for hydroxylation is 2. The van der Waals surface area contributed by atoms with Crippen molar-refractivity contribution in [3.8, 4) is 0 Å². The summed E-state index contributed by atoms with van der Waals surface area (Å²) in [5, 5.41) is 4.58. The summed E-state index contributed by atoms with van der Waals surface area (Å²) >= 11 is 6.33. The van der Waals surface area contributed by atoms with Gasteiger partial charge >= 0.3 is 0 Å². The van der Waals surface area contributed by atoms with Gasteiger partial charge in [0.1, 0.15) is 12.0 Å². The molecule has 29 heavy (non-hydrogen) atoms. The number of nitrogens with zero attached hydrogens (tertiary/aromatic N) is 2. The van der Waals surface area contributed by atoms with Crippen molar-refractivity contribution in [2.75, 3.05) is 36.4 Å². The first-order valence-electron chi connectivity index (χ1n) is 11.0. The molecule has 154 valence electrons. The van der Waals surface area contributed by atoms with Crippen LogP contribution in [-0.2, 0) is 12.8 Å². The molecule has 3 heterocycles. The Kier molecular flexibility index (Phi) is 5.40. The van der Waals surface area contributed by atoms with Gasteiger partial charge in [-0.1, -0.05) is 23.7 Å². The van der Waals surface area contributed by atoms with Gasteiger partial charge in [-0.15, -0.1) is 0 Å². The van der Waals surface area contributed by atoms with Crippen molar-refractivity contribution in [3.63, 3.8) is 0 Å². The smallest absolute Gasteiger partial charge is 0.123 e. The van der Waals surface area contributed by atoms with Crippen LogP contribution >= 0.6 is 11.6 Å². The minimum Gasteiger partial charge on any atom is -0.362 e. The van der Waals surface area contributed by atoms with Crippen molar-refractivity contribution < 1.29 is 4.39 Å². The van der Waals surface area contributed by atoms with E-state index < -0.39 is 0 Å². The number of hydrogen-bond donors (Lipinski definition) is 1. The average molecular weight is 414 g/mol. The molecule has 0 spiro atoms. The molecule has 3 nitrogen and oxygen atoms in total. The second-order valence-electron chi connectivity index (χ2n) is 8.83. The van der Waals surface area contributed by atoms with E-state index in [4.69, 9.17) is 11.6 Å². The maximum atomic E-state index is 13.1. The van der Waals surface area contributed by atoms with E-state index in [0.29, 0.717) is 6.17 Å². The van der Waals surface area contributed by atoms with Gasteiger partial charge in [-0.05, 0) is 92.9 Å². The number of likely N-dealkylation sites (tertiary alicyclic amines) is 1. The van der Waals surface area contributed by atoms with Gasteiger partial charge in [-0.2, -0.15) is 0 Å². The summed E-state index contributed by atoms with van der Waals surface area (Å²) in [5.74, 6) is 0.637. The molecule has 0 aromatic heterocycles. The van der Waals surface area contributed by atoms with Crippen LogP contribution in [0.2, 0.25) is 5.02 Å². The number of piperidine rings is 1. The molecule has 0 radical (unpaired) electrons. The molecular weight excluding hydrogens is 385 g/mol. The largest absolute Gasteiger partial charge is 0.362 e. The summed E-state index contributed by atoms with van der Waals surface area (Å²) in [6, 6.07) is 11.2. The number of anilines is 2. The SMILES string of the molecule is Fc1ccc(CCC2CCN(CC3Nc4cc(Cl)cc5c4N3CCC5)CC2)cc1. The standard InChI is InChI=1S/C24H29ClFN3/c25-20-14-19-2-1-11-29-23(27-22(15-20)24(19)29)16-28-12-9-18(10-13-28)4-3-17-5-7-21(26)8-6-17/h5-8,14-15,18,23,27H,1-4,9-13,16H2. The van der Waals surface area contributed by atoms with E-state index in [-0.39, 0.29) is 5.82 Å². The summed E-state index contributed by atoms with van der Waals surface area (Å²) < 4.78 is 13.1. The van der Waals surface area contributed by atoms with Crippen molar-refractivity contribution in [2.45, 2.75) is 44.7 Å². The predicted octanol–water partition coefficient (Wildman–Crippen LogP) is 5.33. The molecule has 3 aliphatic heterocycles. The summed E-state index contributed by atoms with van der Waals surface area (Å²) in [4.78, 5) is 5.18. The van der Waals surface area contributed by atoms with Crippen LogP contribution in [0.4, 0.5) is 15.8 Å². The second-order valence-corrected chi connectivity index (χ2v) is 9.26. The molecule has 3 aliphatic rings. The Labute approximate surface area is 177 Å². The molecular formula is C24H29ClFN3. The number of nitrogens with one attached hydrogen (secondary N) is 1. The lowest BCUT2D eigenvalue weighted by molar-refractivity contribution is 0.173. The lowest BCUT2D eigenvalue weighted by Gasteiger charge is -2.37. The van der Waals surface area contributed by atoms with Crippen LogP contribution in [0.25, 0.3) is 0 Å². The van der Waals surface area contributed by atoms with Gasteiger partial charge in [-0.25, -0.2) is 4.39 Å². The lowest BCUT2D eigenvalue weighted by Crippen LogP contribution is -2.48. The first-order chi connectivity index (χ1) is 14.2. The number of halogens is 2. The Morgan fingerprint density at radius 2 is 1.86 bits per heavy atom. The van der Waals surface area contributed by atoms with Crippen LogP contribution in [-0.4, -0.2) is 37.2 Å². The summed E-state index contributed by atoms with van der Waals surface area (Å²) in [6.07, 6.45) is 7.49. The van der Waals surface area contributed by atoms with Crippen molar-refractivity contribution in [1.29, 1.82) is 0 Å². The maximum absolute atomic E-state index is 13.1. The van der Waals surface area contributed by atoms with E-state index in [1.54, 1.807) is 12.1 Å². The van der Waals surface area contributed by atoms with Crippen molar-refractivity contribution >= 4 is 23.0 Å². The maximum Gasteiger partial charge on any atom is 0.123 e. The van der Waals surface area contributed by atoms with E-state index >= 15 is 0 Å². The highest BCUT2D eigenvalue weighted by molar-refractivity contribution is 6.31. The van der Waals surface area contributed by atoms with Crippen molar-refractivity contribution in [1.82, 2.24) is 4.90 Å². The molecule has 2 aromatic carbocycles. The van der Waals surface area contributed by atoms with Crippen molar-refractivity contribution in [3.05, 3.63) is 58.4 Å². The topological polar surface area (TPSA) is 18.5 Å². The van der Waals surface area contributed by atoms with Crippen LogP contribution < -0.4 is 10.2 Å². The van der Waals surface area contributed by atoms with Gasteiger partial charge in [0.15, 0.2) is 0 Å². The zero-order chi connectivity index (χ0) is 19.8. The monoisotopic (exact) mass is 413 g/mol. The molecule has 0 amide bonds. The average Bonchev–Trinajstić information content (AvgIpc) is 3.07. The van der Waals surface area contributed by atoms with Crippen LogP contribution in [0.15, 0.2) is 36.4 Å². The van der Waals surface area contributed by atoms with Crippen molar-refractivity contribution in [2.24, 2.45) is 5.92 Å². The fourth-order valence-electron chi connectivity index (χ4n) is 5.28. The fourth-order valence-corrected chi connectivity index (χ4v) is 5.53. The molecule has 1 unspecified atom stereocenters. The highest BCUT2D eigenvalue weighted by atomic mass is 35.5. The summed E-state index contributed by atoms with van der Waals surface area (Å²) in [6.45, 7) is 4.54.